The van der Waals surface area contributed by atoms with Crippen molar-refractivity contribution in [1.29, 1.82) is 0 Å². The second-order valence-corrected chi connectivity index (χ2v) is 9.98. The summed E-state index contributed by atoms with van der Waals surface area (Å²) in [6.45, 7) is -0.315. The highest BCUT2D eigenvalue weighted by molar-refractivity contribution is 9.10. The van der Waals surface area contributed by atoms with Gasteiger partial charge in [0.05, 0.1) is 11.4 Å². The lowest BCUT2D eigenvalue weighted by Crippen LogP contribution is -2.40. The fraction of sp³-hybridized carbons (Fsp3) is 0.136. The second kappa shape index (κ2) is 10.4. The van der Waals surface area contributed by atoms with Crippen LogP contribution in [0.5, 0.6) is 0 Å². The van der Waals surface area contributed by atoms with Gasteiger partial charge < -0.3 is 5.32 Å². The highest BCUT2D eigenvalue weighted by Crippen LogP contribution is 2.23. The SMILES string of the molecule is O=C(CN(Cc1ccccc1Cl)S(=O)(=O)c1ccc(Br)cc1)NCc1ccc(F)cc1. The lowest BCUT2D eigenvalue weighted by molar-refractivity contribution is -0.121. The van der Waals surface area contributed by atoms with Crippen molar-refractivity contribution in [3.8, 4) is 0 Å². The van der Waals surface area contributed by atoms with Gasteiger partial charge in [0, 0.05) is 22.6 Å². The number of nitrogens with one attached hydrogen (secondary N) is 1. The summed E-state index contributed by atoms with van der Waals surface area (Å²) in [6, 6.07) is 18.7. The third-order valence-corrected chi connectivity index (χ3v) is 7.18. The van der Waals surface area contributed by atoms with E-state index in [-0.39, 0.29) is 23.8 Å². The predicted octanol–water partition coefficient (Wildman–Crippen LogP) is 4.75. The Kier molecular flexibility index (Phi) is 7.83. The molecule has 0 atom stereocenters. The summed E-state index contributed by atoms with van der Waals surface area (Å²) in [6.07, 6.45) is 0. The van der Waals surface area contributed by atoms with Gasteiger partial charge >= 0.3 is 0 Å². The van der Waals surface area contributed by atoms with Gasteiger partial charge in [0.25, 0.3) is 0 Å². The standard InChI is InChI=1S/C22H19BrClFN2O3S/c23-18-7-11-20(12-8-18)31(29,30)27(14-17-3-1-2-4-21(17)24)15-22(28)26-13-16-5-9-19(25)10-6-16/h1-12H,13-15H2,(H,26,28). The van der Waals surface area contributed by atoms with Crippen LogP contribution in [0.15, 0.2) is 82.2 Å². The number of hydrogen-bond acceptors (Lipinski definition) is 3. The number of carbonyl (C=O) groups excluding carboxylic acids is 1. The largest absolute Gasteiger partial charge is 0.351 e. The van der Waals surface area contributed by atoms with Crippen LogP contribution in [0.4, 0.5) is 4.39 Å². The maximum absolute atomic E-state index is 13.3. The van der Waals surface area contributed by atoms with Crippen LogP contribution in [-0.2, 0) is 27.9 Å². The Hall–Kier alpha value is -2.26. The van der Waals surface area contributed by atoms with Crippen molar-refractivity contribution < 1.29 is 17.6 Å². The molecule has 0 fully saturated rings. The van der Waals surface area contributed by atoms with E-state index < -0.39 is 22.5 Å². The molecule has 5 nitrogen and oxygen atoms in total. The zero-order chi connectivity index (χ0) is 22.4. The van der Waals surface area contributed by atoms with Crippen LogP contribution in [0.2, 0.25) is 5.02 Å². The van der Waals surface area contributed by atoms with E-state index in [1.54, 1.807) is 48.5 Å². The van der Waals surface area contributed by atoms with E-state index in [4.69, 9.17) is 11.6 Å². The highest BCUT2D eigenvalue weighted by Gasteiger charge is 2.27. The third kappa shape index (κ3) is 6.36. The first-order valence-electron chi connectivity index (χ1n) is 9.26. The summed E-state index contributed by atoms with van der Waals surface area (Å²) in [7, 11) is -3.97. The number of amides is 1. The first-order valence-corrected chi connectivity index (χ1v) is 11.9. The summed E-state index contributed by atoms with van der Waals surface area (Å²) in [5.41, 5.74) is 1.28. The molecule has 0 saturated carbocycles. The molecule has 0 aromatic heterocycles. The summed E-state index contributed by atoms with van der Waals surface area (Å²) >= 11 is 9.50. The third-order valence-electron chi connectivity index (χ3n) is 4.48. The molecule has 0 heterocycles. The summed E-state index contributed by atoms with van der Waals surface area (Å²) < 4.78 is 41.4. The molecule has 0 saturated heterocycles. The molecule has 1 amide bonds. The van der Waals surface area contributed by atoms with Gasteiger partial charge in [0.15, 0.2) is 0 Å². The minimum atomic E-state index is -3.97. The fourth-order valence-electron chi connectivity index (χ4n) is 2.82. The molecule has 3 rings (SSSR count). The van der Waals surface area contributed by atoms with Crippen molar-refractivity contribution in [2.24, 2.45) is 0 Å². The van der Waals surface area contributed by atoms with Gasteiger partial charge in [0.1, 0.15) is 5.82 Å². The Morgan fingerprint density at radius 3 is 2.29 bits per heavy atom. The number of hydrogen-bond donors (Lipinski definition) is 1. The minimum Gasteiger partial charge on any atom is -0.351 e. The molecule has 3 aromatic rings. The lowest BCUT2D eigenvalue weighted by atomic mass is 10.2. The summed E-state index contributed by atoms with van der Waals surface area (Å²) in [4.78, 5) is 12.6. The van der Waals surface area contributed by atoms with E-state index in [0.717, 1.165) is 8.78 Å². The Labute approximate surface area is 194 Å². The molecule has 31 heavy (non-hydrogen) atoms. The fourth-order valence-corrected chi connectivity index (χ4v) is 4.65. The van der Waals surface area contributed by atoms with Crippen molar-refractivity contribution in [2.45, 2.75) is 18.0 Å². The molecule has 0 aliphatic rings. The Bertz CT molecular complexity index is 1160. The van der Waals surface area contributed by atoms with Crippen molar-refractivity contribution in [2.75, 3.05) is 6.54 Å². The molecular weight excluding hydrogens is 507 g/mol. The van der Waals surface area contributed by atoms with Crippen LogP contribution in [-0.4, -0.2) is 25.2 Å². The van der Waals surface area contributed by atoms with Gasteiger partial charge in [-0.05, 0) is 53.6 Å². The highest BCUT2D eigenvalue weighted by atomic mass is 79.9. The molecule has 162 valence electrons. The second-order valence-electron chi connectivity index (χ2n) is 6.72. The molecule has 0 aliphatic carbocycles. The van der Waals surface area contributed by atoms with E-state index in [0.29, 0.717) is 16.1 Å². The van der Waals surface area contributed by atoms with E-state index in [9.17, 15) is 17.6 Å². The first kappa shape index (κ1) is 23.4. The Morgan fingerprint density at radius 2 is 1.65 bits per heavy atom. The molecule has 0 spiro atoms. The Morgan fingerprint density at radius 1 is 1.00 bits per heavy atom. The van der Waals surface area contributed by atoms with Crippen molar-refractivity contribution in [3.63, 3.8) is 0 Å². The lowest BCUT2D eigenvalue weighted by Gasteiger charge is -2.22. The van der Waals surface area contributed by atoms with Crippen LogP contribution in [0, 0.1) is 5.82 Å². The number of halogens is 3. The van der Waals surface area contributed by atoms with Crippen molar-refractivity contribution >= 4 is 43.5 Å². The van der Waals surface area contributed by atoms with Crippen LogP contribution in [0.3, 0.4) is 0 Å². The van der Waals surface area contributed by atoms with E-state index in [2.05, 4.69) is 21.2 Å². The number of benzene rings is 3. The first-order chi connectivity index (χ1) is 14.8. The molecule has 0 radical (unpaired) electrons. The number of nitrogens with zero attached hydrogens (tertiary/aromatic N) is 1. The molecule has 1 N–H and O–H groups in total. The molecule has 0 aliphatic heterocycles. The zero-order valence-electron chi connectivity index (χ0n) is 16.3. The quantitative estimate of drug-likeness (QED) is 0.462. The van der Waals surface area contributed by atoms with E-state index in [1.165, 1.54) is 24.3 Å². The molecular formula is C22H19BrClFN2O3S. The smallest absolute Gasteiger partial charge is 0.243 e. The van der Waals surface area contributed by atoms with Gasteiger partial charge in [-0.15, -0.1) is 0 Å². The number of rotatable bonds is 8. The van der Waals surface area contributed by atoms with E-state index >= 15 is 0 Å². The molecule has 3 aromatic carbocycles. The minimum absolute atomic E-state index is 0.0640. The van der Waals surface area contributed by atoms with E-state index in [1.807, 2.05) is 0 Å². The molecule has 9 heteroatoms. The summed E-state index contributed by atoms with van der Waals surface area (Å²) in [5, 5.41) is 3.08. The molecule has 0 unspecified atom stereocenters. The average Bonchev–Trinajstić information content (AvgIpc) is 2.74. The Balaban J connectivity index is 1.81. The predicted molar refractivity (Wildman–Crippen MR) is 121 cm³/mol. The van der Waals surface area contributed by atoms with Crippen LogP contribution < -0.4 is 5.32 Å². The van der Waals surface area contributed by atoms with Gasteiger partial charge in [-0.3, -0.25) is 4.79 Å². The van der Waals surface area contributed by atoms with Crippen molar-refractivity contribution in [3.05, 3.63) is 99.2 Å². The number of sulfonamides is 1. The van der Waals surface area contributed by atoms with Crippen LogP contribution in [0.1, 0.15) is 11.1 Å². The maximum atomic E-state index is 13.3. The average molecular weight is 526 g/mol. The topological polar surface area (TPSA) is 66.5 Å². The normalized spacial score (nSPS) is 11.5. The summed E-state index contributed by atoms with van der Waals surface area (Å²) in [5.74, 6) is -0.862. The maximum Gasteiger partial charge on any atom is 0.243 e. The van der Waals surface area contributed by atoms with Crippen LogP contribution in [0.25, 0.3) is 0 Å². The van der Waals surface area contributed by atoms with Crippen LogP contribution >= 0.6 is 27.5 Å². The van der Waals surface area contributed by atoms with Gasteiger partial charge in [-0.2, -0.15) is 4.31 Å². The van der Waals surface area contributed by atoms with Crippen molar-refractivity contribution in [1.82, 2.24) is 9.62 Å². The monoisotopic (exact) mass is 524 g/mol. The van der Waals surface area contributed by atoms with Gasteiger partial charge in [0.2, 0.25) is 15.9 Å². The zero-order valence-corrected chi connectivity index (χ0v) is 19.4. The van der Waals surface area contributed by atoms with Gasteiger partial charge in [-0.25, -0.2) is 12.8 Å². The van der Waals surface area contributed by atoms with Gasteiger partial charge in [-0.1, -0.05) is 57.9 Å². The number of carbonyl (C=O) groups is 1. The molecule has 0 bridgehead atoms.